The van der Waals surface area contributed by atoms with E-state index in [4.69, 9.17) is 23.2 Å². The van der Waals surface area contributed by atoms with E-state index in [1.165, 1.54) is 4.68 Å². The van der Waals surface area contributed by atoms with Gasteiger partial charge in [0.2, 0.25) is 10.6 Å². The molecule has 94 valence electrons. The third-order valence-corrected chi connectivity index (χ3v) is 3.03. The second-order valence-electron chi connectivity index (χ2n) is 4.05. The molecule has 0 aliphatic heterocycles. The topological polar surface area (TPSA) is 47.8 Å². The summed E-state index contributed by atoms with van der Waals surface area (Å²) in [6.45, 7) is 3.86. The Labute approximate surface area is 115 Å². The molecular weight excluding hydrogens is 273 g/mol. The zero-order chi connectivity index (χ0) is 13.3. The van der Waals surface area contributed by atoms with Gasteiger partial charge in [0.05, 0.1) is 0 Å². The molecular formula is C12H11Cl2N3O. The number of ketones is 1. The van der Waals surface area contributed by atoms with Gasteiger partial charge in [0.25, 0.3) is 0 Å². The molecule has 0 saturated carbocycles. The van der Waals surface area contributed by atoms with Crippen LogP contribution in [0.2, 0.25) is 10.6 Å². The Kier molecular flexibility index (Phi) is 3.68. The van der Waals surface area contributed by atoms with Crippen molar-refractivity contribution in [3.8, 4) is 0 Å². The Morgan fingerprint density at radius 3 is 2.67 bits per heavy atom. The standard InChI is InChI=1S/C12H11Cl2N3O/c1-7-3-4-8(2)9(5-7)10(18)6-17-12(14)15-11(13)16-17/h3-5H,6H2,1-2H3. The fourth-order valence-electron chi connectivity index (χ4n) is 1.66. The van der Waals surface area contributed by atoms with E-state index in [9.17, 15) is 4.79 Å². The molecule has 0 atom stereocenters. The molecule has 0 aliphatic rings. The number of hydrogen-bond donors (Lipinski definition) is 0. The molecule has 0 spiro atoms. The monoisotopic (exact) mass is 283 g/mol. The number of aryl methyl sites for hydroxylation is 2. The number of nitrogens with zero attached hydrogens (tertiary/aromatic N) is 3. The van der Waals surface area contributed by atoms with Crippen LogP contribution in [-0.2, 0) is 6.54 Å². The summed E-state index contributed by atoms with van der Waals surface area (Å²) in [7, 11) is 0. The molecule has 0 radical (unpaired) electrons. The molecule has 0 aliphatic carbocycles. The van der Waals surface area contributed by atoms with Gasteiger partial charge in [-0.15, -0.1) is 5.10 Å². The van der Waals surface area contributed by atoms with E-state index < -0.39 is 0 Å². The van der Waals surface area contributed by atoms with E-state index in [0.717, 1.165) is 11.1 Å². The van der Waals surface area contributed by atoms with E-state index in [0.29, 0.717) is 5.56 Å². The molecule has 1 heterocycles. The average Bonchev–Trinajstić information content (AvgIpc) is 2.61. The summed E-state index contributed by atoms with van der Waals surface area (Å²) in [5.74, 6) is -0.0698. The van der Waals surface area contributed by atoms with Crippen molar-refractivity contribution in [3.63, 3.8) is 0 Å². The highest BCUT2D eigenvalue weighted by atomic mass is 35.5. The van der Waals surface area contributed by atoms with Crippen molar-refractivity contribution in [3.05, 3.63) is 45.5 Å². The van der Waals surface area contributed by atoms with Gasteiger partial charge in [0, 0.05) is 5.56 Å². The SMILES string of the molecule is Cc1ccc(C)c(C(=O)Cn2nc(Cl)nc2Cl)c1. The normalized spacial score (nSPS) is 10.7. The lowest BCUT2D eigenvalue weighted by atomic mass is 10.0. The molecule has 1 aromatic heterocycles. The molecule has 1 aromatic carbocycles. The number of aromatic nitrogens is 3. The van der Waals surface area contributed by atoms with Crippen LogP contribution in [0.3, 0.4) is 0 Å². The van der Waals surface area contributed by atoms with Crippen molar-refractivity contribution in [2.45, 2.75) is 20.4 Å². The summed E-state index contributed by atoms with van der Waals surface area (Å²) in [5.41, 5.74) is 2.62. The summed E-state index contributed by atoms with van der Waals surface area (Å²) in [6.07, 6.45) is 0. The first kappa shape index (κ1) is 13.1. The Morgan fingerprint density at radius 2 is 2.06 bits per heavy atom. The minimum atomic E-state index is -0.0698. The first-order valence-electron chi connectivity index (χ1n) is 5.33. The summed E-state index contributed by atoms with van der Waals surface area (Å²) in [6, 6.07) is 5.73. The number of rotatable bonds is 3. The van der Waals surface area contributed by atoms with Gasteiger partial charge >= 0.3 is 0 Å². The van der Waals surface area contributed by atoms with Crippen LogP contribution in [-0.4, -0.2) is 20.5 Å². The average molecular weight is 284 g/mol. The summed E-state index contributed by atoms with van der Waals surface area (Å²) >= 11 is 11.4. The minimum Gasteiger partial charge on any atom is -0.292 e. The predicted octanol–water partition coefficient (Wildman–Crippen LogP) is 3.08. The van der Waals surface area contributed by atoms with Gasteiger partial charge in [-0.1, -0.05) is 17.7 Å². The lowest BCUT2D eigenvalue weighted by molar-refractivity contribution is 0.0967. The van der Waals surface area contributed by atoms with Crippen LogP contribution in [0.25, 0.3) is 0 Å². The predicted molar refractivity (Wildman–Crippen MR) is 70.3 cm³/mol. The fraction of sp³-hybridized carbons (Fsp3) is 0.250. The Balaban J connectivity index is 2.27. The first-order valence-corrected chi connectivity index (χ1v) is 6.09. The third kappa shape index (κ3) is 2.71. The number of halogens is 2. The molecule has 4 nitrogen and oxygen atoms in total. The van der Waals surface area contributed by atoms with Crippen molar-refractivity contribution in [1.29, 1.82) is 0 Å². The van der Waals surface area contributed by atoms with Crippen molar-refractivity contribution >= 4 is 29.0 Å². The quantitative estimate of drug-likeness (QED) is 0.814. The molecule has 6 heteroatoms. The lowest BCUT2D eigenvalue weighted by Crippen LogP contribution is -2.13. The Morgan fingerprint density at radius 1 is 1.33 bits per heavy atom. The highest BCUT2D eigenvalue weighted by molar-refractivity contribution is 6.31. The molecule has 0 fully saturated rings. The van der Waals surface area contributed by atoms with Crippen LogP contribution >= 0.6 is 23.2 Å². The zero-order valence-corrected chi connectivity index (χ0v) is 11.5. The number of Topliss-reactive ketones (excluding diaryl/α,β-unsaturated/α-hetero) is 1. The van der Waals surface area contributed by atoms with Gasteiger partial charge in [-0.05, 0) is 48.7 Å². The maximum atomic E-state index is 12.2. The van der Waals surface area contributed by atoms with Crippen LogP contribution in [0.1, 0.15) is 21.5 Å². The second-order valence-corrected chi connectivity index (χ2v) is 4.73. The van der Waals surface area contributed by atoms with E-state index in [1.807, 2.05) is 32.0 Å². The molecule has 2 rings (SSSR count). The van der Waals surface area contributed by atoms with Gasteiger partial charge in [-0.3, -0.25) is 4.79 Å². The molecule has 0 saturated heterocycles. The highest BCUT2D eigenvalue weighted by Crippen LogP contribution is 2.14. The van der Waals surface area contributed by atoms with Crippen molar-refractivity contribution in [1.82, 2.24) is 14.8 Å². The first-order chi connectivity index (χ1) is 8.47. The van der Waals surface area contributed by atoms with Gasteiger partial charge in [-0.2, -0.15) is 4.98 Å². The lowest BCUT2D eigenvalue weighted by Gasteiger charge is -2.06. The number of carbonyl (C=O) groups excluding carboxylic acids is 1. The molecule has 18 heavy (non-hydrogen) atoms. The molecule has 0 bridgehead atoms. The summed E-state index contributed by atoms with van der Waals surface area (Å²) in [5, 5.41) is 3.99. The summed E-state index contributed by atoms with van der Waals surface area (Å²) < 4.78 is 1.29. The van der Waals surface area contributed by atoms with Crippen LogP contribution in [0, 0.1) is 13.8 Å². The van der Waals surface area contributed by atoms with E-state index >= 15 is 0 Å². The third-order valence-electron chi connectivity index (χ3n) is 2.59. The van der Waals surface area contributed by atoms with Crippen LogP contribution in [0.15, 0.2) is 18.2 Å². The number of carbonyl (C=O) groups is 1. The Hall–Kier alpha value is -1.39. The van der Waals surface area contributed by atoms with Gasteiger partial charge in [0.15, 0.2) is 5.78 Å². The largest absolute Gasteiger partial charge is 0.292 e. The van der Waals surface area contributed by atoms with E-state index in [2.05, 4.69) is 10.1 Å². The number of hydrogen-bond acceptors (Lipinski definition) is 3. The number of benzene rings is 1. The van der Waals surface area contributed by atoms with Gasteiger partial charge < -0.3 is 0 Å². The Bertz CT molecular complexity index is 607. The maximum absolute atomic E-state index is 12.2. The maximum Gasteiger partial charge on any atom is 0.243 e. The van der Waals surface area contributed by atoms with Crippen LogP contribution < -0.4 is 0 Å². The van der Waals surface area contributed by atoms with E-state index in [-0.39, 0.29) is 22.9 Å². The van der Waals surface area contributed by atoms with Gasteiger partial charge in [0.1, 0.15) is 6.54 Å². The van der Waals surface area contributed by atoms with Crippen LogP contribution in [0.4, 0.5) is 0 Å². The van der Waals surface area contributed by atoms with Crippen LogP contribution in [0.5, 0.6) is 0 Å². The molecule has 0 unspecified atom stereocenters. The van der Waals surface area contributed by atoms with Crippen molar-refractivity contribution in [2.24, 2.45) is 0 Å². The highest BCUT2D eigenvalue weighted by Gasteiger charge is 2.14. The molecule has 2 aromatic rings. The van der Waals surface area contributed by atoms with Gasteiger partial charge in [-0.25, -0.2) is 4.68 Å². The van der Waals surface area contributed by atoms with E-state index in [1.54, 1.807) is 0 Å². The molecule has 0 amide bonds. The fourth-order valence-corrected chi connectivity index (χ4v) is 2.05. The summed E-state index contributed by atoms with van der Waals surface area (Å²) in [4.78, 5) is 15.9. The minimum absolute atomic E-state index is 0.0306. The second kappa shape index (κ2) is 5.08. The smallest absolute Gasteiger partial charge is 0.243 e. The molecule has 0 N–H and O–H groups in total. The zero-order valence-electron chi connectivity index (χ0n) is 9.94. The van der Waals surface area contributed by atoms with Crippen molar-refractivity contribution < 1.29 is 4.79 Å². The van der Waals surface area contributed by atoms with Crippen molar-refractivity contribution in [2.75, 3.05) is 0 Å².